The Labute approximate surface area is 432 Å². The third kappa shape index (κ3) is 14.0. The zero-order chi connectivity index (χ0) is 53.3. The summed E-state index contributed by atoms with van der Waals surface area (Å²) in [7, 11) is 4.53. The first-order valence-electron chi connectivity index (χ1n) is 26.7. The van der Waals surface area contributed by atoms with E-state index in [0.717, 1.165) is 11.3 Å². The Morgan fingerprint density at radius 2 is 1.55 bits per heavy atom. The number of nitrogens with zero attached hydrogens (tertiary/aromatic N) is 2. The van der Waals surface area contributed by atoms with Gasteiger partial charge < -0.3 is 43.9 Å². The summed E-state index contributed by atoms with van der Waals surface area (Å²) in [5, 5.41) is 36.2. The number of fused-ring (bicyclic) bond motifs is 16. The largest absolute Gasteiger partial charge is 0.460 e. The summed E-state index contributed by atoms with van der Waals surface area (Å²) in [5.74, 6) is -8.42. The average molecular weight is 1020 g/mol. The molecule has 7 rings (SSSR count). The highest BCUT2D eigenvalue weighted by molar-refractivity contribution is 6.39. The van der Waals surface area contributed by atoms with Crippen LogP contribution in [0.4, 0.5) is 5.69 Å². The van der Waals surface area contributed by atoms with E-state index in [2.05, 4.69) is 13.0 Å². The van der Waals surface area contributed by atoms with Crippen LogP contribution in [-0.4, -0.2) is 144 Å². The van der Waals surface area contributed by atoms with Gasteiger partial charge in [0, 0.05) is 58.5 Å². The van der Waals surface area contributed by atoms with Gasteiger partial charge in [-0.05, 0) is 125 Å². The first-order valence-corrected chi connectivity index (χ1v) is 26.7. The minimum absolute atomic E-state index is 0.0716. The van der Waals surface area contributed by atoms with Crippen LogP contribution in [0.1, 0.15) is 126 Å². The number of carbonyl (C=O) groups excluding carboxylic acids is 5. The summed E-state index contributed by atoms with van der Waals surface area (Å²) in [6, 6.07) is 8.24. The molecule has 17 atom stereocenters. The molecule has 4 bridgehead atoms. The molecule has 5 aliphatic heterocycles. The van der Waals surface area contributed by atoms with E-state index in [1.165, 1.54) is 12.0 Å². The summed E-state index contributed by atoms with van der Waals surface area (Å²) >= 11 is 0. The Kier molecular flexibility index (Phi) is 20.8. The van der Waals surface area contributed by atoms with E-state index in [4.69, 9.17) is 28.5 Å². The van der Waals surface area contributed by atoms with Crippen LogP contribution in [0.25, 0.3) is 0 Å². The molecule has 16 nitrogen and oxygen atoms in total. The van der Waals surface area contributed by atoms with Crippen LogP contribution in [0.2, 0.25) is 0 Å². The number of allylic oxidation sites excluding steroid dienone is 1. The van der Waals surface area contributed by atoms with E-state index >= 15 is 0 Å². The molecule has 6 aliphatic rings. The van der Waals surface area contributed by atoms with Crippen molar-refractivity contribution in [3.63, 3.8) is 0 Å². The number of aliphatic hydroxyl groups excluding tert-OH is 2. The fourth-order valence-electron chi connectivity index (χ4n) is 11.8. The zero-order valence-electron chi connectivity index (χ0n) is 44.9. The Balaban J connectivity index is 1.35. The molecule has 2 saturated heterocycles. The first kappa shape index (κ1) is 58.1. The van der Waals surface area contributed by atoms with Crippen molar-refractivity contribution in [1.82, 2.24) is 4.90 Å². The number of amides is 1. The predicted octanol–water partition coefficient (Wildman–Crippen LogP) is 6.81. The number of anilines is 1. The minimum atomic E-state index is -2.47. The summed E-state index contributed by atoms with van der Waals surface area (Å²) in [6.07, 6.45) is 6.48. The molecule has 1 aromatic carbocycles. The Morgan fingerprint density at radius 3 is 2.23 bits per heavy atom. The standard InChI is InChI=1S/C57H84N2O14/c1-33-26-37(5)51(62)53(70-10)52(63)38(6)27-34(2)47(61)32-49(35(3)28-40-20-24-46(60)50(30-40)69-9)71-56(66)45-18-14-15-25-58(45)55(65)54(64)57(67)39(7)19-21-42(72-57)31-48(68-8)36(4)29-43-22-23-44(33)59(73-43)41-16-12-11-13-17-41/h11-13,16-17,22-23,27,29,33-35,37,39-40,42-46,48-50,52-53,60,63,67H,14-15,18-21,24-26,28,30-32H2,1-10H3/b36-29?,38-27-/t33-,34+,35+,37+,39+,40-,42-,43?,44?,45-,46+,48-,49-,50+,52+,53-,57+/m0/s1. The number of benzene rings is 1. The highest BCUT2D eigenvalue weighted by Gasteiger charge is 2.53. The van der Waals surface area contributed by atoms with E-state index in [1.54, 1.807) is 41.1 Å². The molecule has 2 unspecified atom stereocenters. The van der Waals surface area contributed by atoms with Crippen molar-refractivity contribution in [2.75, 3.05) is 32.9 Å². The SMILES string of the molecule is CO[C@H]1C[C@@H]2CC[C@@H](C)[C@@](O)(O2)C(=O)C(=O)N2CCCC[C@H]2C(=O)O[C@H]([C@H](C)C[C@@H]2CC[C@@H](O)[C@H](OC)C2)CC(=O)[C@H](C)/C=C(/C)[C@@H](O)[C@@H](OC)C(=O)[C@H](C)C[C@H](C)C2C=CC(C=C1C)ON2c1ccccc1. The van der Waals surface area contributed by atoms with E-state index < -0.39 is 90.0 Å². The molecule has 73 heavy (non-hydrogen) atoms. The van der Waals surface area contributed by atoms with Crippen molar-refractivity contribution in [2.45, 2.75) is 192 Å². The van der Waals surface area contributed by atoms with Gasteiger partial charge in [0.05, 0.1) is 36.1 Å². The Morgan fingerprint density at radius 1 is 0.822 bits per heavy atom. The molecule has 3 N–H and O–H groups in total. The number of rotatable bonds is 7. The molecule has 1 amide bonds. The molecule has 3 fully saturated rings. The van der Waals surface area contributed by atoms with Gasteiger partial charge in [-0.3, -0.25) is 24.0 Å². The van der Waals surface area contributed by atoms with Crippen molar-refractivity contribution >= 4 is 34.9 Å². The number of piperidine rings is 1. The molecule has 0 spiro atoms. The highest BCUT2D eigenvalue weighted by atomic mass is 16.7. The number of para-hydroxylation sites is 1. The number of ether oxygens (including phenoxy) is 5. The number of ketones is 3. The van der Waals surface area contributed by atoms with E-state index in [0.29, 0.717) is 63.4 Å². The molecule has 1 aromatic rings. The number of aliphatic hydroxyl groups is 3. The summed E-state index contributed by atoms with van der Waals surface area (Å²) in [4.78, 5) is 79.7. The van der Waals surface area contributed by atoms with Gasteiger partial charge in [-0.25, -0.2) is 9.86 Å². The lowest BCUT2D eigenvalue weighted by Gasteiger charge is -2.43. The number of esters is 1. The molecule has 1 saturated carbocycles. The third-order valence-corrected chi connectivity index (χ3v) is 16.5. The second kappa shape index (κ2) is 26.1. The molecule has 16 heteroatoms. The summed E-state index contributed by atoms with van der Waals surface area (Å²) < 4.78 is 29.9. The molecule has 1 aliphatic carbocycles. The van der Waals surface area contributed by atoms with Gasteiger partial charge in [-0.1, -0.05) is 71.0 Å². The molecular weight excluding hydrogens is 937 g/mol. The lowest BCUT2D eigenvalue weighted by atomic mass is 9.78. The normalized spacial score (nSPS) is 38.5. The molecular formula is C57H84N2O14. The van der Waals surface area contributed by atoms with Gasteiger partial charge >= 0.3 is 5.97 Å². The number of hydroxylamine groups is 1. The topological polar surface area (TPSA) is 208 Å². The quantitative estimate of drug-likeness (QED) is 0.146. The highest BCUT2D eigenvalue weighted by Crippen LogP contribution is 2.39. The van der Waals surface area contributed by atoms with Crippen molar-refractivity contribution in [2.24, 2.45) is 35.5 Å². The van der Waals surface area contributed by atoms with Crippen LogP contribution in [0.15, 0.2) is 65.8 Å². The van der Waals surface area contributed by atoms with Crippen molar-refractivity contribution in [1.29, 1.82) is 0 Å². The van der Waals surface area contributed by atoms with Crippen LogP contribution in [0, 0.1) is 35.5 Å². The second-order valence-corrected chi connectivity index (χ2v) is 21.9. The first-order chi connectivity index (χ1) is 34.7. The number of hydrogen-bond donors (Lipinski definition) is 3. The minimum Gasteiger partial charge on any atom is -0.460 e. The number of methoxy groups -OCH3 is 3. The summed E-state index contributed by atoms with van der Waals surface area (Å²) in [6.45, 7) is 12.8. The fraction of sp³-hybridized carbons (Fsp3) is 0.702. The maximum Gasteiger partial charge on any atom is 0.329 e. The van der Waals surface area contributed by atoms with E-state index in [9.17, 15) is 39.3 Å². The average Bonchev–Trinajstić information content (AvgIpc) is 3.38. The fourth-order valence-corrected chi connectivity index (χ4v) is 11.8. The van der Waals surface area contributed by atoms with Gasteiger partial charge in [0.25, 0.3) is 11.7 Å². The number of carbonyl (C=O) groups is 5. The van der Waals surface area contributed by atoms with Gasteiger partial charge in [-0.15, -0.1) is 0 Å². The van der Waals surface area contributed by atoms with Crippen LogP contribution in [0.3, 0.4) is 0 Å². The van der Waals surface area contributed by atoms with Crippen molar-refractivity contribution in [3.05, 3.63) is 65.8 Å². The molecule has 0 radical (unpaired) electrons. The maximum atomic E-state index is 14.5. The Hall–Kier alpha value is -4.13. The predicted molar refractivity (Wildman–Crippen MR) is 274 cm³/mol. The van der Waals surface area contributed by atoms with Crippen molar-refractivity contribution in [3.8, 4) is 0 Å². The van der Waals surface area contributed by atoms with Crippen LogP contribution in [0.5, 0.6) is 0 Å². The van der Waals surface area contributed by atoms with Gasteiger partial charge in [-0.2, -0.15) is 0 Å². The zero-order valence-corrected chi connectivity index (χ0v) is 44.9. The smallest absolute Gasteiger partial charge is 0.329 e. The van der Waals surface area contributed by atoms with Crippen LogP contribution < -0.4 is 5.06 Å². The monoisotopic (exact) mass is 1020 g/mol. The molecule has 406 valence electrons. The van der Waals surface area contributed by atoms with Gasteiger partial charge in [0.15, 0.2) is 5.78 Å². The van der Waals surface area contributed by atoms with E-state index in [-0.39, 0.29) is 67.3 Å². The van der Waals surface area contributed by atoms with Crippen LogP contribution in [-0.2, 0) is 52.5 Å². The maximum absolute atomic E-state index is 14.5. The lowest BCUT2D eigenvalue weighted by molar-refractivity contribution is -0.265. The molecule has 5 heterocycles. The number of Topliss-reactive ketones (excluding diaryl/α,β-unsaturated/α-hetero) is 3. The van der Waals surface area contributed by atoms with Crippen LogP contribution >= 0.6 is 0 Å². The van der Waals surface area contributed by atoms with Gasteiger partial charge in [0.1, 0.15) is 36.2 Å². The van der Waals surface area contributed by atoms with E-state index in [1.807, 2.05) is 68.3 Å². The summed E-state index contributed by atoms with van der Waals surface area (Å²) in [5.41, 5.74) is 2.00. The van der Waals surface area contributed by atoms with Gasteiger partial charge in [0.2, 0.25) is 5.79 Å². The lowest BCUT2D eigenvalue weighted by Crippen LogP contribution is -2.61. The number of hydrogen-bond acceptors (Lipinski definition) is 15. The Bertz CT molecular complexity index is 2150. The third-order valence-electron chi connectivity index (χ3n) is 16.5. The second-order valence-electron chi connectivity index (χ2n) is 21.9. The van der Waals surface area contributed by atoms with Crippen molar-refractivity contribution < 1.29 is 67.8 Å². The molecule has 0 aromatic heterocycles.